The second kappa shape index (κ2) is 11.5. The van der Waals surface area contributed by atoms with Gasteiger partial charge in [0.25, 0.3) is 12.3 Å². The molecule has 0 bridgehead atoms. The van der Waals surface area contributed by atoms with E-state index in [1.165, 1.54) is 4.57 Å². The standard InChI is InChI=1S/C28H35F4N7O/c29-25(30)26-34-21-4-1-2-5-22(21)39(26)24-16-23(37-12-14-40-15-13-37)35-27(36-24)33-17-19-6-8-20(9-7-19)38-11-3-10-28(31,32)18-38/h1-2,4-5,16,19-20,25H,3,6-15,17-18H2,(H,33,35,36). The number of halogens is 4. The molecule has 1 aliphatic carbocycles. The number of imidazole rings is 1. The van der Waals surface area contributed by atoms with Crippen LogP contribution in [0.3, 0.4) is 0 Å². The first-order chi connectivity index (χ1) is 19.4. The lowest BCUT2D eigenvalue weighted by Crippen LogP contribution is -2.49. The van der Waals surface area contributed by atoms with Crippen LogP contribution in [-0.4, -0.2) is 82.3 Å². The van der Waals surface area contributed by atoms with E-state index in [0.29, 0.717) is 73.8 Å². The van der Waals surface area contributed by atoms with E-state index in [4.69, 9.17) is 9.72 Å². The van der Waals surface area contributed by atoms with Gasteiger partial charge in [-0.15, -0.1) is 0 Å². The number of benzene rings is 1. The summed E-state index contributed by atoms with van der Waals surface area (Å²) < 4.78 is 62.9. The first-order valence-electron chi connectivity index (χ1n) is 14.2. The third kappa shape index (κ3) is 5.88. The molecule has 6 rings (SSSR count). The van der Waals surface area contributed by atoms with E-state index >= 15 is 0 Å². The Morgan fingerprint density at radius 1 is 0.975 bits per heavy atom. The number of rotatable bonds is 7. The fourth-order valence-electron chi connectivity index (χ4n) is 6.26. The number of anilines is 2. The molecule has 216 valence electrons. The molecule has 0 atom stereocenters. The Morgan fingerprint density at radius 3 is 2.48 bits per heavy atom. The molecule has 0 radical (unpaired) electrons. The third-order valence-electron chi connectivity index (χ3n) is 8.35. The zero-order valence-electron chi connectivity index (χ0n) is 22.4. The van der Waals surface area contributed by atoms with Crippen LogP contribution in [0.1, 0.15) is 50.8 Å². The number of hydrogen-bond donors (Lipinski definition) is 1. The summed E-state index contributed by atoms with van der Waals surface area (Å²) in [5.74, 6) is -1.25. The van der Waals surface area contributed by atoms with Crippen LogP contribution in [0.5, 0.6) is 0 Å². The van der Waals surface area contributed by atoms with Crippen molar-refractivity contribution in [2.45, 2.75) is 56.9 Å². The number of morpholine rings is 1. The zero-order chi connectivity index (χ0) is 27.7. The first-order valence-corrected chi connectivity index (χ1v) is 14.2. The van der Waals surface area contributed by atoms with Gasteiger partial charge in [0, 0.05) is 38.2 Å². The number of nitrogens with zero attached hydrogens (tertiary/aromatic N) is 6. The highest BCUT2D eigenvalue weighted by molar-refractivity contribution is 5.78. The van der Waals surface area contributed by atoms with E-state index in [-0.39, 0.29) is 24.8 Å². The van der Waals surface area contributed by atoms with E-state index in [2.05, 4.69) is 20.2 Å². The van der Waals surface area contributed by atoms with Crippen molar-refractivity contribution in [3.05, 3.63) is 36.2 Å². The molecule has 1 saturated carbocycles. The van der Waals surface area contributed by atoms with Gasteiger partial charge in [0.2, 0.25) is 5.95 Å². The topological polar surface area (TPSA) is 71.3 Å². The maximum atomic E-state index is 14.1. The van der Waals surface area contributed by atoms with Gasteiger partial charge in [-0.3, -0.25) is 9.47 Å². The van der Waals surface area contributed by atoms with Crippen LogP contribution in [-0.2, 0) is 4.74 Å². The van der Waals surface area contributed by atoms with E-state index < -0.39 is 12.3 Å². The van der Waals surface area contributed by atoms with Crippen LogP contribution in [0.2, 0.25) is 0 Å². The summed E-state index contributed by atoms with van der Waals surface area (Å²) in [6.07, 6.45) is 1.40. The predicted molar refractivity (Wildman–Crippen MR) is 145 cm³/mol. The molecule has 2 aliphatic heterocycles. The number of para-hydroxylation sites is 2. The smallest absolute Gasteiger partial charge is 0.296 e. The average molecular weight is 562 g/mol. The fraction of sp³-hybridized carbons (Fsp3) is 0.607. The van der Waals surface area contributed by atoms with Crippen molar-refractivity contribution < 1.29 is 22.3 Å². The molecule has 3 fully saturated rings. The van der Waals surface area contributed by atoms with Crippen molar-refractivity contribution in [3.8, 4) is 5.82 Å². The van der Waals surface area contributed by atoms with Crippen molar-refractivity contribution in [2.75, 3.05) is 56.2 Å². The molecular formula is C28H35F4N7O. The Hall–Kier alpha value is -2.99. The maximum absolute atomic E-state index is 14.1. The molecular weight excluding hydrogens is 526 g/mol. The number of nitrogens with one attached hydrogen (secondary N) is 1. The summed E-state index contributed by atoms with van der Waals surface area (Å²) in [5, 5.41) is 3.37. The Labute approximate surface area is 230 Å². The van der Waals surface area contributed by atoms with Crippen molar-refractivity contribution >= 4 is 22.8 Å². The Balaban J connectivity index is 1.21. The number of hydrogen-bond acceptors (Lipinski definition) is 7. The first kappa shape index (κ1) is 27.2. The van der Waals surface area contributed by atoms with Crippen molar-refractivity contribution in [3.63, 3.8) is 0 Å². The molecule has 8 nitrogen and oxygen atoms in total. The number of piperidine rings is 1. The Morgan fingerprint density at radius 2 is 1.73 bits per heavy atom. The molecule has 1 aromatic carbocycles. The third-order valence-corrected chi connectivity index (χ3v) is 8.35. The molecule has 3 aliphatic rings. The predicted octanol–water partition coefficient (Wildman–Crippen LogP) is 5.29. The molecule has 40 heavy (non-hydrogen) atoms. The summed E-state index contributed by atoms with van der Waals surface area (Å²) in [4.78, 5) is 17.6. The van der Waals surface area contributed by atoms with Gasteiger partial charge in [-0.05, 0) is 56.7 Å². The minimum absolute atomic E-state index is 0.0120. The molecule has 2 saturated heterocycles. The average Bonchev–Trinajstić information content (AvgIpc) is 3.36. The van der Waals surface area contributed by atoms with Crippen LogP contribution in [0.25, 0.3) is 16.9 Å². The molecule has 0 amide bonds. The number of fused-ring (bicyclic) bond motifs is 1. The van der Waals surface area contributed by atoms with Gasteiger partial charge in [-0.25, -0.2) is 22.5 Å². The summed E-state index contributed by atoms with van der Waals surface area (Å²) in [5.41, 5.74) is 1.03. The maximum Gasteiger partial charge on any atom is 0.296 e. The van der Waals surface area contributed by atoms with Crippen LogP contribution < -0.4 is 10.2 Å². The lowest BCUT2D eigenvalue weighted by atomic mass is 9.84. The molecule has 4 heterocycles. The van der Waals surface area contributed by atoms with Gasteiger partial charge in [-0.1, -0.05) is 12.1 Å². The zero-order valence-corrected chi connectivity index (χ0v) is 22.4. The summed E-state index contributed by atoms with van der Waals surface area (Å²) in [6.45, 7) is 3.65. The number of ether oxygens (including phenoxy) is 1. The van der Waals surface area contributed by atoms with Gasteiger partial charge in [0.05, 0.1) is 30.8 Å². The number of aromatic nitrogens is 4. The summed E-state index contributed by atoms with van der Waals surface area (Å²) >= 11 is 0. The van der Waals surface area contributed by atoms with E-state index in [1.54, 1.807) is 30.3 Å². The molecule has 1 N–H and O–H groups in total. The SMILES string of the molecule is FC(F)c1nc2ccccc2n1-c1cc(N2CCOCC2)nc(NCC2CCC(N3CCCC(F)(F)C3)CC2)n1. The van der Waals surface area contributed by atoms with Gasteiger partial charge in [0.15, 0.2) is 5.82 Å². The molecule has 3 aromatic rings. The lowest BCUT2D eigenvalue weighted by molar-refractivity contribution is -0.0794. The highest BCUT2D eigenvalue weighted by atomic mass is 19.3. The summed E-state index contributed by atoms with van der Waals surface area (Å²) in [6, 6.07) is 8.97. The highest BCUT2D eigenvalue weighted by Crippen LogP contribution is 2.34. The largest absolute Gasteiger partial charge is 0.378 e. The monoisotopic (exact) mass is 561 g/mol. The van der Waals surface area contributed by atoms with E-state index in [1.807, 2.05) is 4.90 Å². The molecule has 12 heteroatoms. The van der Waals surface area contributed by atoms with Crippen LogP contribution in [0.15, 0.2) is 30.3 Å². The van der Waals surface area contributed by atoms with Gasteiger partial charge in [-0.2, -0.15) is 9.97 Å². The van der Waals surface area contributed by atoms with Crippen molar-refractivity contribution in [1.29, 1.82) is 0 Å². The molecule has 2 aromatic heterocycles. The number of alkyl halides is 4. The second-order valence-electron chi connectivity index (χ2n) is 11.1. The van der Waals surface area contributed by atoms with E-state index in [0.717, 1.165) is 32.2 Å². The fourth-order valence-corrected chi connectivity index (χ4v) is 6.26. The van der Waals surface area contributed by atoms with Crippen LogP contribution in [0.4, 0.5) is 29.3 Å². The Bertz CT molecular complexity index is 1310. The minimum Gasteiger partial charge on any atom is -0.378 e. The van der Waals surface area contributed by atoms with Crippen LogP contribution >= 0.6 is 0 Å². The minimum atomic E-state index is -2.78. The van der Waals surface area contributed by atoms with Gasteiger partial charge >= 0.3 is 0 Å². The van der Waals surface area contributed by atoms with Crippen molar-refractivity contribution in [2.24, 2.45) is 5.92 Å². The normalized spacial score (nSPS) is 24.1. The summed E-state index contributed by atoms with van der Waals surface area (Å²) in [7, 11) is 0. The van der Waals surface area contributed by atoms with E-state index in [9.17, 15) is 17.6 Å². The second-order valence-corrected chi connectivity index (χ2v) is 11.1. The Kier molecular flexibility index (Phi) is 7.80. The van der Waals surface area contributed by atoms with Gasteiger partial charge < -0.3 is 15.0 Å². The number of likely N-dealkylation sites (tertiary alicyclic amines) is 1. The lowest BCUT2D eigenvalue weighted by Gasteiger charge is -2.41. The quantitative estimate of drug-likeness (QED) is 0.393. The highest BCUT2D eigenvalue weighted by Gasteiger charge is 2.38. The molecule has 0 spiro atoms. The van der Waals surface area contributed by atoms with Gasteiger partial charge in [0.1, 0.15) is 11.6 Å². The van der Waals surface area contributed by atoms with Crippen molar-refractivity contribution in [1.82, 2.24) is 24.4 Å². The molecule has 0 unspecified atom stereocenters. The van der Waals surface area contributed by atoms with Crippen LogP contribution in [0, 0.1) is 5.92 Å².